The number of thiocarbonyl (C=S) groups is 1. The van der Waals surface area contributed by atoms with Crippen LogP contribution < -0.4 is 15.0 Å². The Morgan fingerprint density at radius 2 is 1.84 bits per heavy atom. The highest BCUT2D eigenvalue weighted by atomic mass is 35.5. The number of hydrogen-bond donors (Lipinski definition) is 2. The lowest BCUT2D eigenvalue weighted by Gasteiger charge is -2.28. The van der Waals surface area contributed by atoms with Crippen LogP contribution in [-0.4, -0.2) is 40.1 Å². The summed E-state index contributed by atoms with van der Waals surface area (Å²) in [4.78, 5) is 6.73. The Bertz CT molecular complexity index is 1460. The number of aryl methyl sites for hydroxylation is 1. The van der Waals surface area contributed by atoms with Crippen LogP contribution in [0.1, 0.15) is 34.7 Å². The molecule has 0 spiro atoms. The summed E-state index contributed by atoms with van der Waals surface area (Å²) < 4.78 is 12.9. The second-order valence-electron chi connectivity index (χ2n) is 9.10. The number of hydrogen-bond acceptors (Lipinski definition) is 5. The quantitative estimate of drug-likeness (QED) is 0.205. The van der Waals surface area contributed by atoms with Gasteiger partial charge >= 0.3 is 0 Å². The fourth-order valence-corrected chi connectivity index (χ4v) is 5.63. The predicted molar refractivity (Wildman–Crippen MR) is 154 cm³/mol. The number of anilines is 1. The first kappa shape index (κ1) is 26.0. The first-order valence-electron chi connectivity index (χ1n) is 12.3. The van der Waals surface area contributed by atoms with Gasteiger partial charge in [0.25, 0.3) is 0 Å². The maximum Gasteiger partial charge on any atom is 0.174 e. The third-order valence-corrected chi connectivity index (χ3v) is 7.36. The fraction of sp³-hybridized carbons (Fsp3) is 0.241. The number of rotatable bonds is 8. The van der Waals surface area contributed by atoms with E-state index in [1.54, 1.807) is 19.4 Å². The average molecular weight is 549 g/mol. The summed E-state index contributed by atoms with van der Waals surface area (Å²) in [6, 6.07) is 20.6. The van der Waals surface area contributed by atoms with Crippen LogP contribution >= 0.6 is 23.8 Å². The van der Waals surface area contributed by atoms with Gasteiger partial charge in [-0.1, -0.05) is 29.8 Å². The average Bonchev–Trinajstić information content (AvgIpc) is 3.41. The van der Waals surface area contributed by atoms with E-state index in [2.05, 4.69) is 32.8 Å². The molecule has 7 nitrogen and oxygen atoms in total. The molecule has 5 rings (SSSR count). The molecular weight excluding hydrogens is 520 g/mol. The third kappa shape index (κ3) is 4.82. The summed E-state index contributed by atoms with van der Waals surface area (Å²) >= 11 is 12.5. The molecule has 0 radical (unpaired) electrons. The van der Waals surface area contributed by atoms with Gasteiger partial charge in [-0.15, -0.1) is 0 Å². The Labute approximate surface area is 232 Å². The molecule has 0 unspecified atom stereocenters. The Kier molecular flexibility index (Phi) is 7.56. The standard InChI is InChI=1S/C29H29ClN4O3S/c1-18-16-21(19(2)33(18)24-9-4-5-10-25(24)35)28-27(23-8-6-7-13-31-23)32-29(38)34(28)20-11-12-26(22(30)17-20)37-15-14-36-3/h4-13,16-17,27-28,35H,14-15H2,1-3H3,(H,32,38)/t27-,28+/m0/s1. The van der Waals surface area contributed by atoms with Crippen LogP contribution in [0.25, 0.3) is 5.69 Å². The number of phenols is 1. The van der Waals surface area contributed by atoms with Crippen LogP contribution in [0.5, 0.6) is 11.5 Å². The number of aromatic nitrogens is 2. The lowest BCUT2D eigenvalue weighted by atomic mass is 9.96. The van der Waals surface area contributed by atoms with Gasteiger partial charge in [-0.25, -0.2) is 0 Å². The number of para-hydroxylation sites is 2. The van der Waals surface area contributed by atoms with Gasteiger partial charge in [-0.2, -0.15) is 0 Å². The maximum absolute atomic E-state index is 10.6. The van der Waals surface area contributed by atoms with E-state index in [9.17, 15) is 5.11 Å². The molecule has 38 heavy (non-hydrogen) atoms. The summed E-state index contributed by atoms with van der Waals surface area (Å²) in [6.45, 7) is 4.97. The molecule has 2 N–H and O–H groups in total. The molecule has 3 heterocycles. The van der Waals surface area contributed by atoms with E-state index < -0.39 is 0 Å². The van der Waals surface area contributed by atoms with Crippen molar-refractivity contribution in [3.8, 4) is 17.2 Å². The highest BCUT2D eigenvalue weighted by Gasteiger charge is 2.42. The van der Waals surface area contributed by atoms with Gasteiger partial charge in [-0.05, 0) is 80.2 Å². The molecule has 196 valence electrons. The van der Waals surface area contributed by atoms with Crippen LogP contribution in [0.4, 0.5) is 5.69 Å². The van der Waals surface area contributed by atoms with Crippen molar-refractivity contribution in [2.45, 2.75) is 25.9 Å². The molecule has 1 aliphatic heterocycles. The first-order valence-corrected chi connectivity index (χ1v) is 13.1. The molecule has 1 fully saturated rings. The summed E-state index contributed by atoms with van der Waals surface area (Å²) in [5.41, 5.74) is 5.49. The number of ether oxygens (including phenoxy) is 2. The molecule has 0 bridgehead atoms. The third-order valence-electron chi connectivity index (χ3n) is 6.75. The number of methoxy groups -OCH3 is 1. The van der Waals surface area contributed by atoms with Crippen molar-refractivity contribution in [1.29, 1.82) is 0 Å². The predicted octanol–water partition coefficient (Wildman–Crippen LogP) is 6.05. The molecule has 0 saturated carbocycles. The number of nitrogens with one attached hydrogen (secondary N) is 1. The van der Waals surface area contributed by atoms with Gasteiger partial charge in [0.05, 0.1) is 35.1 Å². The molecule has 1 saturated heterocycles. The molecule has 2 aromatic carbocycles. The number of aromatic hydroxyl groups is 1. The minimum absolute atomic E-state index is 0.210. The molecule has 4 aromatic rings. The maximum atomic E-state index is 10.6. The fourth-order valence-electron chi connectivity index (χ4n) is 5.05. The van der Waals surface area contributed by atoms with Gasteiger partial charge < -0.3 is 29.4 Å². The van der Waals surface area contributed by atoms with Crippen molar-refractivity contribution >= 4 is 34.6 Å². The zero-order chi connectivity index (χ0) is 26.8. The minimum Gasteiger partial charge on any atom is -0.506 e. The molecule has 9 heteroatoms. The summed E-state index contributed by atoms with van der Waals surface area (Å²) in [7, 11) is 1.63. The van der Waals surface area contributed by atoms with E-state index >= 15 is 0 Å². The van der Waals surface area contributed by atoms with Crippen molar-refractivity contribution in [3.05, 3.63) is 101 Å². The van der Waals surface area contributed by atoms with Crippen LogP contribution in [0, 0.1) is 13.8 Å². The molecule has 1 aliphatic rings. The molecule has 2 aromatic heterocycles. The molecule has 2 atom stereocenters. The van der Waals surface area contributed by atoms with Gasteiger partial charge in [0.15, 0.2) is 5.11 Å². The van der Waals surface area contributed by atoms with Gasteiger partial charge in [0, 0.05) is 30.4 Å². The monoisotopic (exact) mass is 548 g/mol. The van der Waals surface area contributed by atoms with Gasteiger partial charge in [-0.3, -0.25) is 4.98 Å². The van der Waals surface area contributed by atoms with Crippen molar-refractivity contribution in [3.63, 3.8) is 0 Å². The first-order chi connectivity index (χ1) is 18.4. The molecule has 0 amide bonds. The number of halogens is 1. The number of benzene rings is 2. The Hall–Kier alpha value is -3.59. The normalized spacial score (nSPS) is 17.1. The zero-order valence-electron chi connectivity index (χ0n) is 21.4. The SMILES string of the molecule is COCCOc1ccc(N2C(=S)N[C@@H](c3ccccn3)[C@H]2c2cc(C)n(-c3ccccc3O)c2C)cc1Cl. The highest BCUT2D eigenvalue weighted by molar-refractivity contribution is 7.80. The van der Waals surface area contributed by atoms with Crippen molar-refractivity contribution in [1.82, 2.24) is 14.9 Å². The Balaban J connectivity index is 1.61. The van der Waals surface area contributed by atoms with Crippen LogP contribution in [0.3, 0.4) is 0 Å². The van der Waals surface area contributed by atoms with E-state index in [1.807, 2.05) is 61.5 Å². The van der Waals surface area contributed by atoms with Gasteiger partial charge in [0.2, 0.25) is 0 Å². The smallest absolute Gasteiger partial charge is 0.174 e. The van der Waals surface area contributed by atoms with E-state index in [0.717, 1.165) is 34.0 Å². The van der Waals surface area contributed by atoms with Crippen LogP contribution in [0.15, 0.2) is 72.9 Å². The van der Waals surface area contributed by atoms with Gasteiger partial charge in [0.1, 0.15) is 18.1 Å². The highest BCUT2D eigenvalue weighted by Crippen LogP contribution is 2.45. The molecular formula is C29H29ClN4O3S. The van der Waals surface area contributed by atoms with E-state index in [-0.39, 0.29) is 17.8 Å². The topological polar surface area (TPSA) is 71.8 Å². The van der Waals surface area contributed by atoms with E-state index in [0.29, 0.717) is 29.1 Å². The lowest BCUT2D eigenvalue weighted by Crippen LogP contribution is -2.29. The summed E-state index contributed by atoms with van der Waals surface area (Å²) in [5, 5.41) is 15.2. The Morgan fingerprint density at radius 3 is 2.55 bits per heavy atom. The summed E-state index contributed by atoms with van der Waals surface area (Å²) in [5.74, 6) is 0.802. The number of nitrogens with zero attached hydrogens (tertiary/aromatic N) is 3. The largest absolute Gasteiger partial charge is 0.506 e. The molecule has 0 aliphatic carbocycles. The number of phenolic OH excluding ortho intramolecular Hbond substituents is 1. The lowest BCUT2D eigenvalue weighted by molar-refractivity contribution is 0.146. The Morgan fingerprint density at radius 1 is 1.05 bits per heavy atom. The van der Waals surface area contributed by atoms with Crippen molar-refractivity contribution < 1.29 is 14.6 Å². The second kappa shape index (κ2) is 11.0. The minimum atomic E-state index is -0.223. The van der Waals surface area contributed by atoms with Crippen LogP contribution in [-0.2, 0) is 4.74 Å². The van der Waals surface area contributed by atoms with Crippen molar-refractivity contribution in [2.24, 2.45) is 0 Å². The van der Waals surface area contributed by atoms with Crippen molar-refractivity contribution in [2.75, 3.05) is 25.2 Å². The van der Waals surface area contributed by atoms with Crippen LogP contribution in [0.2, 0.25) is 5.02 Å². The second-order valence-corrected chi connectivity index (χ2v) is 9.90. The number of pyridine rings is 1. The van der Waals surface area contributed by atoms with E-state index in [1.165, 1.54) is 0 Å². The summed E-state index contributed by atoms with van der Waals surface area (Å²) in [6.07, 6.45) is 1.79. The zero-order valence-corrected chi connectivity index (χ0v) is 23.0. The van der Waals surface area contributed by atoms with E-state index in [4.69, 9.17) is 33.3 Å².